The Labute approximate surface area is 156 Å². The fourth-order valence-corrected chi connectivity index (χ4v) is 2.20. The van der Waals surface area contributed by atoms with Crippen molar-refractivity contribution in [3.8, 4) is 0 Å². The van der Waals surface area contributed by atoms with Gasteiger partial charge < -0.3 is 26.6 Å². The molecule has 0 fully saturated rings. The maximum atomic E-state index is 11.9. The number of alkyl halides is 1. The maximum Gasteiger partial charge on any atom is 0.338 e. The molecule has 0 aliphatic heterocycles. The van der Waals surface area contributed by atoms with Crippen LogP contribution in [0.15, 0.2) is 0 Å². The first-order valence-corrected chi connectivity index (χ1v) is 8.61. The van der Waals surface area contributed by atoms with Crippen LogP contribution in [0.3, 0.4) is 0 Å². The Morgan fingerprint density at radius 3 is 2.38 bits per heavy atom. The highest BCUT2D eigenvalue weighted by molar-refractivity contribution is 6.18. The Morgan fingerprint density at radius 2 is 1.85 bits per heavy atom. The first kappa shape index (κ1) is 23.9. The number of aliphatic hydroxyl groups excluding tert-OH is 1. The van der Waals surface area contributed by atoms with Gasteiger partial charge in [0.05, 0.1) is 37.2 Å². The highest BCUT2D eigenvalue weighted by Gasteiger charge is 2.21. The molecule has 3 atom stereocenters. The number of halogens is 1. The Kier molecular flexibility index (Phi) is 12.1. The molecule has 0 radical (unpaired) electrons. The number of carboxylic acid groups (broad SMARTS) is 1. The molecule has 0 aromatic carbocycles. The number of guanidine groups is 1. The van der Waals surface area contributed by atoms with E-state index in [1.54, 1.807) is 0 Å². The van der Waals surface area contributed by atoms with Crippen LogP contribution in [0.25, 0.3) is 0 Å². The van der Waals surface area contributed by atoms with Crippen LogP contribution in [-0.4, -0.2) is 71.1 Å². The van der Waals surface area contributed by atoms with Crippen LogP contribution >= 0.6 is 11.6 Å². The topological polar surface area (TPSA) is 208 Å². The fraction of sp³-hybridized carbons (Fsp3) is 0.714. The average Bonchev–Trinajstić information content (AvgIpc) is 2.58. The summed E-state index contributed by atoms with van der Waals surface area (Å²) in [6, 6.07) is -1.63. The number of aliphatic carboxylic acids is 1. The highest BCUT2D eigenvalue weighted by Crippen LogP contribution is 2.04. The van der Waals surface area contributed by atoms with Gasteiger partial charge in [0.2, 0.25) is 11.8 Å². The summed E-state index contributed by atoms with van der Waals surface area (Å²) in [4.78, 5) is 36.8. The van der Waals surface area contributed by atoms with E-state index < -0.39 is 36.0 Å². The second kappa shape index (κ2) is 13.1. The van der Waals surface area contributed by atoms with E-state index in [1.165, 1.54) is 0 Å². The molecule has 0 aliphatic carbocycles. The summed E-state index contributed by atoms with van der Waals surface area (Å²) in [6.07, 6.45) is -0.281. The van der Waals surface area contributed by atoms with E-state index >= 15 is 0 Å². The molecule has 26 heavy (non-hydrogen) atoms. The monoisotopic (exact) mass is 395 g/mol. The van der Waals surface area contributed by atoms with E-state index in [2.05, 4.69) is 15.6 Å². The summed E-state index contributed by atoms with van der Waals surface area (Å²) in [5.74, 6) is -2.22. The van der Waals surface area contributed by atoms with Crippen molar-refractivity contribution in [1.29, 1.82) is 0 Å². The van der Waals surface area contributed by atoms with Crippen LogP contribution in [0.1, 0.15) is 25.7 Å². The number of carboxylic acids is 1. The Balaban J connectivity index is 4.36. The Hall–Kier alpha value is -2.11. The van der Waals surface area contributed by atoms with Gasteiger partial charge in [-0.05, 0) is 19.3 Å². The van der Waals surface area contributed by atoms with E-state index in [1.807, 2.05) is 0 Å². The van der Waals surface area contributed by atoms with Crippen LogP contribution in [-0.2, 0) is 14.4 Å². The quantitative estimate of drug-likeness (QED) is 0.0657. The zero-order valence-electron chi connectivity index (χ0n) is 14.4. The lowest BCUT2D eigenvalue weighted by Gasteiger charge is -2.22. The normalized spacial score (nSPS) is 14.0. The molecule has 0 bridgehead atoms. The summed E-state index contributed by atoms with van der Waals surface area (Å²) in [5.41, 5.74) is 16.1. The second-order valence-corrected chi connectivity index (χ2v) is 5.99. The van der Waals surface area contributed by atoms with Crippen molar-refractivity contribution in [3.63, 3.8) is 0 Å². The number of carbonyl (C=O) groups is 3. The SMILES string of the molecule is NC(N)=[NH+]CCC[C@H](NC(=O)CNC(=O)[C@@H](N)CCC(=O)O)[C@H](O)CCl. The summed E-state index contributed by atoms with van der Waals surface area (Å²) in [7, 11) is 0. The fourth-order valence-electron chi connectivity index (χ4n) is 1.99. The van der Waals surface area contributed by atoms with Crippen LogP contribution < -0.4 is 32.8 Å². The predicted octanol–water partition coefficient (Wildman–Crippen LogP) is -4.49. The molecule has 11 nitrogen and oxygen atoms in total. The Bertz CT molecular complexity index is 500. The van der Waals surface area contributed by atoms with Crippen molar-refractivity contribution in [2.45, 2.75) is 43.9 Å². The zero-order chi connectivity index (χ0) is 20.1. The van der Waals surface area contributed by atoms with Crippen molar-refractivity contribution in [2.75, 3.05) is 19.0 Å². The van der Waals surface area contributed by atoms with Gasteiger partial charge in [0, 0.05) is 6.42 Å². The minimum Gasteiger partial charge on any atom is -0.481 e. The number of hydrogen-bond donors (Lipinski definition) is 8. The van der Waals surface area contributed by atoms with Gasteiger partial charge in [0.1, 0.15) is 0 Å². The molecule has 0 saturated heterocycles. The molecule has 0 spiro atoms. The van der Waals surface area contributed by atoms with E-state index in [9.17, 15) is 19.5 Å². The van der Waals surface area contributed by atoms with Gasteiger partial charge in [0.25, 0.3) is 0 Å². The van der Waals surface area contributed by atoms with Crippen LogP contribution in [0.5, 0.6) is 0 Å². The number of amides is 2. The zero-order valence-corrected chi connectivity index (χ0v) is 15.2. The lowest BCUT2D eigenvalue weighted by atomic mass is 10.1. The second-order valence-electron chi connectivity index (χ2n) is 5.68. The van der Waals surface area contributed by atoms with E-state index in [-0.39, 0.29) is 31.2 Å². The van der Waals surface area contributed by atoms with Gasteiger partial charge in [-0.25, -0.2) is 0 Å². The average molecular weight is 396 g/mol. The third-order valence-corrected chi connectivity index (χ3v) is 3.74. The molecule has 0 unspecified atom stereocenters. The minimum absolute atomic E-state index is 0.0370. The largest absolute Gasteiger partial charge is 0.481 e. The highest BCUT2D eigenvalue weighted by atomic mass is 35.5. The van der Waals surface area contributed by atoms with Crippen molar-refractivity contribution < 1.29 is 29.6 Å². The van der Waals surface area contributed by atoms with Gasteiger partial charge in [-0.15, -0.1) is 11.6 Å². The maximum absolute atomic E-state index is 11.9. The van der Waals surface area contributed by atoms with Gasteiger partial charge >= 0.3 is 11.9 Å². The molecule has 0 rings (SSSR count). The summed E-state index contributed by atoms with van der Waals surface area (Å²) >= 11 is 5.63. The predicted molar refractivity (Wildman–Crippen MR) is 95.0 cm³/mol. The molecule has 0 aromatic rings. The number of hydrogen-bond acceptors (Lipinski definition) is 5. The third-order valence-electron chi connectivity index (χ3n) is 3.42. The molecule has 0 aromatic heterocycles. The molecule has 150 valence electrons. The summed E-state index contributed by atoms with van der Waals surface area (Å²) in [5, 5.41) is 23.3. The molecule has 2 amide bonds. The van der Waals surface area contributed by atoms with Crippen molar-refractivity contribution in [2.24, 2.45) is 17.2 Å². The van der Waals surface area contributed by atoms with Crippen molar-refractivity contribution in [3.05, 3.63) is 0 Å². The first-order valence-electron chi connectivity index (χ1n) is 8.07. The number of rotatable bonds is 13. The van der Waals surface area contributed by atoms with Gasteiger partial charge in [-0.1, -0.05) is 0 Å². The van der Waals surface area contributed by atoms with Gasteiger partial charge in [-0.2, -0.15) is 0 Å². The Morgan fingerprint density at radius 1 is 1.19 bits per heavy atom. The summed E-state index contributed by atoms with van der Waals surface area (Å²) < 4.78 is 0. The molecular weight excluding hydrogens is 368 g/mol. The lowest BCUT2D eigenvalue weighted by Crippen LogP contribution is -2.78. The van der Waals surface area contributed by atoms with Gasteiger partial charge in [-0.3, -0.25) is 30.8 Å². The van der Waals surface area contributed by atoms with Crippen LogP contribution in [0.4, 0.5) is 0 Å². The van der Waals surface area contributed by atoms with Gasteiger partial charge in [0.15, 0.2) is 0 Å². The smallest absolute Gasteiger partial charge is 0.338 e. The molecule has 12 heteroatoms. The van der Waals surface area contributed by atoms with Crippen molar-refractivity contribution in [1.82, 2.24) is 10.6 Å². The molecule has 0 saturated carbocycles. The number of aliphatic hydroxyl groups is 1. The number of nitrogens with one attached hydrogen (secondary N) is 3. The molecule has 0 heterocycles. The lowest BCUT2D eigenvalue weighted by molar-refractivity contribution is -0.459. The molecule has 0 aliphatic rings. The van der Waals surface area contributed by atoms with Crippen LogP contribution in [0.2, 0.25) is 0 Å². The van der Waals surface area contributed by atoms with E-state index in [0.29, 0.717) is 19.4 Å². The van der Waals surface area contributed by atoms with Crippen LogP contribution in [0, 0.1) is 0 Å². The summed E-state index contributed by atoms with van der Waals surface area (Å²) in [6.45, 7) is 0.103. The van der Waals surface area contributed by atoms with E-state index in [4.69, 9.17) is 33.9 Å². The third kappa shape index (κ3) is 11.4. The van der Waals surface area contributed by atoms with Crippen molar-refractivity contribution >= 4 is 35.3 Å². The van der Waals surface area contributed by atoms with E-state index in [0.717, 1.165) is 0 Å². The number of nitrogens with two attached hydrogens (primary N) is 3. The number of carbonyl (C=O) groups excluding carboxylic acids is 2. The minimum atomic E-state index is -1.06. The molecular formula is C14H28ClN6O5+. The first-order chi connectivity index (χ1) is 12.2. The standard InChI is InChI=1S/C14H27ClN6O5/c15-6-10(22)9(2-1-5-19-14(17)18)21-11(23)7-20-13(26)8(16)3-4-12(24)25/h8-10,22H,1-7,16H2,(H,20,26)(H,21,23)(H,24,25)(H4,17,18,19)/p+1/t8-,9-,10+/m0/s1. The molecule has 11 N–H and O–H groups in total.